The lowest BCUT2D eigenvalue weighted by atomic mass is 9.80. The third-order valence-corrected chi connectivity index (χ3v) is 11.3. The highest BCUT2D eigenvalue weighted by Crippen LogP contribution is 2.33. The summed E-state index contributed by atoms with van der Waals surface area (Å²) in [6.45, 7) is 16.0. The van der Waals surface area contributed by atoms with Gasteiger partial charge in [-0.2, -0.15) is 11.8 Å². The van der Waals surface area contributed by atoms with E-state index in [4.69, 9.17) is 9.47 Å². The monoisotopic (exact) mass is 892 g/mol. The molecular formula is C49H73N5O8S. The van der Waals surface area contributed by atoms with Crippen LogP contribution in [0, 0.1) is 11.3 Å². The maximum Gasteiger partial charge on any atom is 0.326 e. The molecule has 1 heterocycles. The first-order valence-electron chi connectivity index (χ1n) is 22.0. The van der Waals surface area contributed by atoms with Crippen LogP contribution in [0.25, 0.3) is 6.08 Å². The Hall–Kier alpha value is -4.95. The molecule has 348 valence electrons. The van der Waals surface area contributed by atoms with E-state index in [2.05, 4.69) is 53.9 Å². The Morgan fingerprint density at radius 3 is 2.03 bits per heavy atom. The first-order chi connectivity index (χ1) is 30.0. The van der Waals surface area contributed by atoms with E-state index in [0.29, 0.717) is 11.6 Å². The molecule has 0 saturated heterocycles. The highest BCUT2D eigenvalue weighted by molar-refractivity contribution is 7.98. The van der Waals surface area contributed by atoms with E-state index in [-0.39, 0.29) is 51.4 Å². The van der Waals surface area contributed by atoms with Gasteiger partial charge in [-0.3, -0.25) is 24.5 Å². The molecule has 1 aromatic heterocycles. The molecule has 0 saturated carbocycles. The summed E-state index contributed by atoms with van der Waals surface area (Å²) in [5.74, 6) is -2.46. The lowest BCUT2D eigenvalue weighted by molar-refractivity contribution is -0.171. The number of ether oxygens (including phenoxy) is 2. The normalized spacial score (nSPS) is 13.6. The van der Waals surface area contributed by atoms with Crippen molar-refractivity contribution in [3.8, 4) is 0 Å². The van der Waals surface area contributed by atoms with Crippen molar-refractivity contribution in [2.24, 2.45) is 18.4 Å². The van der Waals surface area contributed by atoms with E-state index in [1.807, 2.05) is 75.0 Å². The molecule has 0 bridgehead atoms. The van der Waals surface area contributed by atoms with Crippen molar-refractivity contribution in [2.75, 3.05) is 25.2 Å². The van der Waals surface area contributed by atoms with Crippen LogP contribution >= 0.6 is 11.8 Å². The molecule has 2 rings (SSSR count). The quantitative estimate of drug-likeness (QED) is 0.0355. The van der Waals surface area contributed by atoms with Gasteiger partial charge in [0.2, 0.25) is 11.8 Å². The van der Waals surface area contributed by atoms with Crippen LogP contribution in [0.3, 0.4) is 0 Å². The molecule has 0 unspecified atom stereocenters. The van der Waals surface area contributed by atoms with Crippen LogP contribution in [-0.4, -0.2) is 87.7 Å². The molecule has 0 aliphatic rings. The number of amides is 2. The number of hydrogen-bond acceptors (Lipinski definition) is 10. The Labute approximate surface area is 380 Å². The number of benzene rings is 1. The van der Waals surface area contributed by atoms with Crippen LogP contribution in [0.15, 0.2) is 77.6 Å². The molecule has 0 aliphatic carbocycles. The summed E-state index contributed by atoms with van der Waals surface area (Å²) >= 11 is 1.49. The second-order valence-corrected chi connectivity index (χ2v) is 17.5. The van der Waals surface area contributed by atoms with Crippen LogP contribution in [0.2, 0.25) is 0 Å². The molecule has 0 fully saturated rings. The van der Waals surface area contributed by atoms with Crippen LogP contribution in [0.1, 0.15) is 117 Å². The van der Waals surface area contributed by atoms with Crippen LogP contribution < -0.4 is 16.0 Å². The molecule has 3 atom stereocenters. The van der Waals surface area contributed by atoms with Gasteiger partial charge in [-0.05, 0) is 116 Å². The molecule has 0 aliphatic heterocycles. The van der Waals surface area contributed by atoms with Gasteiger partial charge >= 0.3 is 17.9 Å². The zero-order valence-electron chi connectivity index (χ0n) is 39.3. The molecule has 63 heavy (non-hydrogen) atoms. The first kappa shape index (κ1) is 54.2. The van der Waals surface area contributed by atoms with E-state index < -0.39 is 53.3 Å². The molecular weight excluding hydrogens is 819 g/mol. The fraction of sp³-hybridized carbons (Fsp3) is 0.551. The average molecular weight is 892 g/mol. The lowest BCUT2D eigenvalue weighted by Gasteiger charge is -2.27. The zero-order chi connectivity index (χ0) is 47.0. The number of rotatable bonds is 29. The van der Waals surface area contributed by atoms with E-state index in [1.54, 1.807) is 32.2 Å². The van der Waals surface area contributed by atoms with E-state index in [9.17, 15) is 29.1 Å². The number of imidazole rings is 1. The van der Waals surface area contributed by atoms with E-state index in [0.717, 1.165) is 42.5 Å². The first-order valence-corrected chi connectivity index (χ1v) is 23.4. The Kier molecular flexibility index (Phi) is 24.7. The van der Waals surface area contributed by atoms with Gasteiger partial charge in [0.05, 0.1) is 31.1 Å². The van der Waals surface area contributed by atoms with E-state index in [1.165, 1.54) is 22.9 Å². The summed E-state index contributed by atoms with van der Waals surface area (Å²) in [4.78, 5) is 71.2. The maximum atomic E-state index is 13.9. The van der Waals surface area contributed by atoms with Gasteiger partial charge in [0.25, 0.3) is 0 Å². The second kappa shape index (κ2) is 28.7. The van der Waals surface area contributed by atoms with Crippen molar-refractivity contribution in [1.29, 1.82) is 0 Å². The zero-order valence-corrected chi connectivity index (χ0v) is 40.1. The van der Waals surface area contributed by atoms with Crippen molar-refractivity contribution in [3.05, 3.63) is 94.6 Å². The minimum atomic E-state index is -1.59. The summed E-state index contributed by atoms with van der Waals surface area (Å²) in [6.07, 6.45) is 17.7. The van der Waals surface area contributed by atoms with Gasteiger partial charge in [0, 0.05) is 20.0 Å². The smallest absolute Gasteiger partial charge is 0.326 e. The van der Waals surface area contributed by atoms with E-state index >= 15 is 0 Å². The number of aromatic nitrogens is 2. The topological polar surface area (TPSA) is 178 Å². The number of aliphatic carboxylic acids is 1. The van der Waals surface area contributed by atoms with Gasteiger partial charge in [0.15, 0.2) is 5.41 Å². The second-order valence-electron chi connectivity index (χ2n) is 16.5. The predicted molar refractivity (Wildman–Crippen MR) is 253 cm³/mol. The minimum absolute atomic E-state index is 0.0242. The summed E-state index contributed by atoms with van der Waals surface area (Å²) in [7, 11) is 1.83. The summed E-state index contributed by atoms with van der Waals surface area (Å²) in [5, 5.41) is 18.6. The number of nitrogens with one attached hydrogen (secondary N) is 3. The van der Waals surface area contributed by atoms with Crippen molar-refractivity contribution in [1.82, 2.24) is 25.5 Å². The van der Waals surface area contributed by atoms with Crippen molar-refractivity contribution >= 4 is 47.6 Å². The Balaban J connectivity index is 2.27. The van der Waals surface area contributed by atoms with Gasteiger partial charge in [0.1, 0.15) is 17.9 Å². The molecule has 13 nitrogen and oxygen atoms in total. The summed E-state index contributed by atoms with van der Waals surface area (Å²) in [5.41, 5.74) is 3.68. The Morgan fingerprint density at radius 1 is 0.857 bits per heavy atom. The highest BCUT2D eigenvalue weighted by atomic mass is 32.2. The third kappa shape index (κ3) is 18.7. The largest absolute Gasteiger partial charge is 0.480 e. The number of nitrogens with zero attached hydrogens (tertiary/aromatic N) is 2. The standard InChI is InChI=1S/C49H73N5O8S/c1-11-61-47(59)49(48(60)62-12-2,29-26-37(8)22-17-21-36(7)20-16-19-34(3)4)28-18-25-42-50-32-39(54(42)9)33-51-43(35(5)6)45(56)53-41(31-38-23-14-13-15-24-38)44(55)52-40(46(57)58)27-30-63-10/h13-15,18-19,21,23-26,32,35,40-41,43,51H,11-12,16-17,20,22,27-31,33H2,1-10H3,(H,52,55)(H,53,56)(H,57,58)/t40-,41-,43-/m0/s1. The fourth-order valence-electron chi connectivity index (χ4n) is 6.80. The molecule has 14 heteroatoms. The molecule has 1 aromatic carbocycles. The number of hydrogen-bond donors (Lipinski definition) is 4. The van der Waals surface area contributed by atoms with Gasteiger partial charge in [-0.25, -0.2) is 9.78 Å². The van der Waals surface area contributed by atoms with Gasteiger partial charge in [-0.15, -0.1) is 0 Å². The third-order valence-electron chi connectivity index (χ3n) is 10.7. The number of carboxylic acids is 1. The maximum absolute atomic E-state index is 13.9. The van der Waals surface area contributed by atoms with Crippen molar-refractivity contribution in [3.63, 3.8) is 0 Å². The fourth-order valence-corrected chi connectivity index (χ4v) is 7.27. The highest BCUT2D eigenvalue weighted by Gasteiger charge is 2.47. The van der Waals surface area contributed by atoms with Crippen LogP contribution in [0.5, 0.6) is 0 Å². The lowest BCUT2D eigenvalue weighted by Crippen LogP contribution is -2.56. The van der Waals surface area contributed by atoms with Crippen molar-refractivity contribution in [2.45, 2.75) is 131 Å². The van der Waals surface area contributed by atoms with Gasteiger partial charge < -0.3 is 29.8 Å². The predicted octanol–water partition coefficient (Wildman–Crippen LogP) is 7.91. The number of allylic oxidation sites excluding steroid dienone is 7. The molecule has 2 aromatic rings. The Bertz CT molecular complexity index is 1880. The number of carboxylic acid groups (broad SMARTS) is 1. The number of carbonyl (C=O) groups excluding carboxylic acids is 4. The molecule has 2 amide bonds. The minimum Gasteiger partial charge on any atom is -0.480 e. The number of carbonyl (C=O) groups is 5. The van der Waals surface area contributed by atoms with Crippen LogP contribution in [0.4, 0.5) is 0 Å². The number of esters is 2. The average Bonchev–Trinajstić information content (AvgIpc) is 3.58. The number of thioether (sulfide) groups is 1. The summed E-state index contributed by atoms with van der Waals surface area (Å²) < 4.78 is 12.8. The summed E-state index contributed by atoms with van der Waals surface area (Å²) in [6, 6.07) is 6.42. The van der Waals surface area contributed by atoms with Gasteiger partial charge in [-0.1, -0.05) is 85.2 Å². The molecule has 4 N–H and O–H groups in total. The Morgan fingerprint density at radius 2 is 1.46 bits per heavy atom. The van der Waals surface area contributed by atoms with Crippen LogP contribution in [-0.2, 0) is 53.5 Å². The molecule has 0 radical (unpaired) electrons. The van der Waals surface area contributed by atoms with Crippen molar-refractivity contribution < 1.29 is 38.6 Å². The SMILES string of the molecule is CCOC(=O)C(CC=Cc1ncc(CN[C@H](C(=O)N[C@@H](Cc2ccccc2)C(=O)N[C@@H](CCSC)C(=O)O)C(C)C)n1C)(CC=C(C)CCC=C(C)CCC=C(C)C)C(=O)OCC. The molecule has 0 spiro atoms.